The van der Waals surface area contributed by atoms with E-state index in [4.69, 9.17) is 9.68 Å². The number of benzene rings is 2. The molecule has 0 saturated carbocycles. The summed E-state index contributed by atoms with van der Waals surface area (Å²) in [7, 11) is -3.65. The Kier molecular flexibility index (Phi) is 4.34. The van der Waals surface area contributed by atoms with E-state index in [-0.39, 0.29) is 17.4 Å². The number of rotatable bonds is 5. The zero-order valence-electron chi connectivity index (χ0n) is 12.9. The molecule has 3 aromatic rings. The maximum atomic E-state index is 12.3. The molecular weight excluding hydrogens is 326 g/mol. The maximum Gasteiger partial charge on any atom is 0.240 e. The number of nitriles is 1. The first-order chi connectivity index (χ1) is 11.5. The van der Waals surface area contributed by atoms with Crippen molar-refractivity contribution in [2.45, 2.75) is 17.7 Å². The van der Waals surface area contributed by atoms with Crippen molar-refractivity contribution in [3.8, 4) is 6.07 Å². The molecule has 24 heavy (non-hydrogen) atoms. The fourth-order valence-corrected chi connectivity index (χ4v) is 3.35. The number of oxazole rings is 1. The van der Waals surface area contributed by atoms with Crippen LogP contribution in [0.4, 0.5) is 0 Å². The summed E-state index contributed by atoms with van der Waals surface area (Å²) >= 11 is 0. The van der Waals surface area contributed by atoms with E-state index in [1.54, 1.807) is 0 Å². The Balaban J connectivity index is 1.72. The van der Waals surface area contributed by atoms with Crippen molar-refractivity contribution in [3.63, 3.8) is 0 Å². The molecule has 0 fully saturated rings. The van der Waals surface area contributed by atoms with Crippen molar-refractivity contribution in [2.24, 2.45) is 0 Å². The largest absolute Gasteiger partial charge is 0.440 e. The maximum absolute atomic E-state index is 12.3. The topological polar surface area (TPSA) is 96.0 Å². The second kappa shape index (κ2) is 6.43. The molecule has 1 atom stereocenters. The first kappa shape index (κ1) is 16.2. The van der Waals surface area contributed by atoms with Gasteiger partial charge < -0.3 is 4.42 Å². The Morgan fingerprint density at radius 3 is 2.58 bits per heavy atom. The van der Waals surface area contributed by atoms with Gasteiger partial charge in [-0.1, -0.05) is 19.1 Å². The lowest BCUT2D eigenvalue weighted by Gasteiger charge is -2.10. The second-order valence-electron chi connectivity index (χ2n) is 5.41. The van der Waals surface area contributed by atoms with Crippen LogP contribution in [0.5, 0.6) is 0 Å². The van der Waals surface area contributed by atoms with Gasteiger partial charge in [0.2, 0.25) is 10.0 Å². The summed E-state index contributed by atoms with van der Waals surface area (Å²) in [6.45, 7) is 2.00. The lowest BCUT2D eigenvalue weighted by atomic mass is 10.2. The smallest absolute Gasteiger partial charge is 0.240 e. The van der Waals surface area contributed by atoms with E-state index in [0.717, 1.165) is 5.52 Å². The number of para-hydroxylation sites is 2. The van der Waals surface area contributed by atoms with Crippen LogP contribution in [0, 0.1) is 11.3 Å². The molecule has 122 valence electrons. The van der Waals surface area contributed by atoms with Crippen molar-refractivity contribution in [1.82, 2.24) is 9.71 Å². The molecule has 3 rings (SSSR count). The van der Waals surface area contributed by atoms with E-state index >= 15 is 0 Å². The first-order valence-electron chi connectivity index (χ1n) is 7.35. The Hall–Kier alpha value is -2.69. The van der Waals surface area contributed by atoms with E-state index in [0.29, 0.717) is 17.0 Å². The van der Waals surface area contributed by atoms with E-state index in [9.17, 15) is 8.42 Å². The molecule has 6 nitrogen and oxygen atoms in total. The van der Waals surface area contributed by atoms with Gasteiger partial charge >= 0.3 is 0 Å². The number of fused-ring (bicyclic) bond motifs is 1. The molecule has 0 aliphatic rings. The summed E-state index contributed by atoms with van der Waals surface area (Å²) in [4.78, 5) is 4.49. The quantitative estimate of drug-likeness (QED) is 0.770. The van der Waals surface area contributed by atoms with Crippen LogP contribution < -0.4 is 4.72 Å². The van der Waals surface area contributed by atoms with Crippen LogP contribution in [-0.4, -0.2) is 19.9 Å². The fourth-order valence-electron chi connectivity index (χ4n) is 2.21. The minimum Gasteiger partial charge on any atom is -0.440 e. The van der Waals surface area contributed by atoms with Gasteiger partial charge in [-0.05, 0) is 36.4 Å². The first-order valence-corrected chi connectivity index (χ1v) is 8.83. The third kappa shape index (κ3) is 3.30. The number of nitrogens with zero attached hydrogens (tertiary/aromatic N) is 2. The van der Waals surface area contributed by atoms with Crippen molar-refractivity contribution in [2.75, 3.05) is 6.54 Å². The van der Waals surface area contributed by atoms with Crippen LogP contribution >= 0.6 is 0 Å². The van der Waals surface area contributed by atoms with Crippen molar-refractivity contribution in [1.29, 1.82) is 5.26 Å². The monoisotopic (exact) mass is 341 g/mol. The SMILES string of the molecule is CC(CNS(=O)(=O)c1ccc(C#N)cc1)c1nc2ccccc2o1. The summed E-state index contributed by atoms with van der Waals surface area (Å²) < 4.78 is 32.8. The van der Waals surface area contributed by atoms with Crippen LogP contribution in [0.15, 0.2) is 57.8 Å². The summed E-state index contributed by atoms with van der Waals surface area (Å²) in [6, 6.07) is 15.1. The lowest BCUT2D eigenvalue weighted by Crippen LogP contribution is -2.27. The average Bonchev–Trinajstić information content (AvgIpc) is 3.04. The number of sulfonamides is 1. The molecule has 1 unspecified atom stereocenters. The predicted octanol–water partition coefficient (Wildman–Crippen LogP) is 2.78. The van der Waals surface area contributed by atoms with Gasteiger partial charge in [0.25, 0.3) is 0 Å². The zero-order chi connectivity index (χ0) is 17.2. The summed E-state index contributed by atoms with van der Waals surface area (Å²) in [5.41, 5.74) is 1.83. The highest BCUT2D eigenvalue weighted by molar-refractivity contribution is 7.89. The number of nitrogens with one attached hydrogen (secondary N) is 1. The zero-order valence-corrected chi connectivity index (χ0v) is 13.7. The van der Waals surface area contributed by atoms with E-state index in [1.807, 2.05) is 37.3 Å². The van der Waals surface area contributed by atoms with Gasteiger partial charge in [0.1, 0.15) is 5.52 Å². The lowest BCUT2D eigenvalue weighted by molar-refractivity contribution is 0.480. The molecule has 0 spiro atoms. The van der Waals surface area contributed by atoms with Crippen LogP contribution in [-0.2, 0) is 10.0 Å². The summed E-state index contributed by atoms with van der Waals surface area (Å²) in [5, 5.41) is 8.76. The average molecular weight is 341 g/mol. The Labute approximate surface area is 139 Å². The van der Waals surface area contributed by atoms with Gasteiger partial charge in [-0.15, -0.1) is 0 Å². The third-order valence-electron chi connectivity index (χ3n) is 3.61. The van der Waals surface area contributed by atoms with Crippen molar-refractivity contribution >= 4 is 21.1 Å². The van der Waals surface area contributed by atoms with Gasteiger partial charge in [-0.3, -0.25) is 0 Å². The van der Waals surface area contributed by atoms with E-state index in [1.165, 1.54) is 24.3 Å². The molecule has 1 heterocycles. The van der Waals surface area contributed by atoms with Crippen molar-refractivity contribution in [3.05, 3.63) is 60.0 Å². The van der Waals surface area contributed by atoms with E-state index in [2.05, 4.69) is 9.71 Å². The molecule has 0 aliphatic heterocycles. The Morgan fingerprint density at radius 2 is 1.92 bits per heavy atom. The van der Waals surface area contributed by atoms with Crippen LogP contribution in [0.2, 0.25) is 0 Å². The highest BCUT2D eigenvalue weighted by atomic mass is 32.2. The summed E-state index contributed by atoms with van der Waals surface area (Å²) in [5.74, 6) is 0.268. The number of hydrogen-bond donors (Lipinski definition) is 1. The predicted molar refractivity (Wildman–Crippen MR) is 88.8 cm³/mol. The number of aromatic nitrogens is 1. The normalized spacial score (nSPS) is 12.8. The van der Waals surface area contributed by atoms with Gasteiger partial charge in [0.05, 0.1) is 16.5 Å². The Morgan fingerprint density at radius 1 is 1.21 bits per heavy atom. The molecule has 0 bridgehead atoms. The Bertz CT molecular complexity index is 968. The molecule has 1 N–H and O–H groups in total. The van der Waals surface area contributed by atoms with Gasteiger partial charge in [0, 0.05) is 12.5 Å². The molecule has 0 amide bonds. The van der Waals surface area contributed by atoms with E-state index < -0.39 is 10.0 Å². The highest BCUT2D eigenvalue weighted by Crippen LogP contribution is 2.21. The second-order valence-corrected chi connectivity index (χ2v) is 7.18. The minimum atomic E-state index is -3.65. The summed E-state index contributed by atoms with van der Waals surface area (Å²) in [6.07, 6.45) is 0. The molecule has 1 aromatic heterocycles. The van der Waals surface area contributed by atoms with Crippen molar-refractivity contribution < 1.29 is 12.8 Å². The molecule has 0 radical (unpaired) electrons. The van der Waals surface area contributed by atoms with Gasteiger partial charge in [0.15, 0.2) is 11.5 Å². The van der Waals surface area contributed by atoms with Gasteiger partial charge in [-0.25, -0.2) is 18.1 Å². The third-order valence-corrected chi connectivity index (χ3v) is 5.04. The molecule has 2 aromatic carbocycles. The van der Waals surface area contributed by atoms with Crippen LogP contribution in [0.3, 0.4) is 0 Å². The molecular formula is C17H15N3O3S. The standard InChI is InChI=1S/C17H15N3O3S/c1-12(17-20-15-4-2-3-5-16(15)23-17)11-19-24(21,22)14-8-6-13(10-18)7-9-14/h2-9,12,19H,11H2,1H3. The molecule has 7 heteroatoms. The van der Waals surface area contributed by atoms with Gasteiger partial charge in [-0.2, -0.15) is 5.26 Å². The van der Waals surface area contributed by atoms with Crippen LogP contribution in [0.25, 0.3) is 11.1 Å². The number of hydrogen-bond acceptors (Lipinski definition) is 5. The van der Waals surface area contributed by atoms with Crippen LogP contribution in [0.1, 0.15) is 24.3 Å². The highest BCUT2D eigenvalue weighted by Gasteiger charge is 2.18. The minimum absolute atomic E-state index is 0.117. The fraction of sp³-hybridized carbons (Fsp3) is 0.176. The molecule has 0 saturated heterocycles. The molecule has 0 aliphatic carbocycles.